The lowest BCUT2D eigenvalue weighted by Gasteiger charge is -2.08. The van der Waals surface area contributed by atoms with E-state index in [9.17, 15) is 13.5 Å². The van der Waals surface area contributed by atoms with Crippen molar-refractivity contribution in [3.8, 4) is 28.6 Å². The molecule has 1 N–H and O–H groups in total. The lowest BCUT2D eigenvalue weighted by molar-refractivity contribution is 0.355. The number of hydrogen-bond donors (Lipinski definition) is 1. The number of hydrogen-bond acceptors (Lipinski definition) is 7. The number of benzene rings is 3. The van der Waals surface area contributed by atoms with Gasteiger partial charge in [0.2, 0.25) is 0 Å². The molecule has 0 spiro atoms. The smallest absolute Gasteiger partial charge is 0.285 e. The van der Waals surface area contributed by atoms with Gasteiger partial charge in [-0.15, -0.1) is 9.19 Å². The van der Waals surface area contributed by atoms with E-state index in [1.807, 2.05) is 13.0 Å². The molecule has 0 fully saturated rings. The summed E-state index contributed by atoms with van der Waals surface area (Å²) in [7, 11) is -0.972. The average molecular weight is 478 g/mol. The molecule has 4 rings (SSSR count). The third kappa shape index (κ3) is 4.51. The molecule has 0 amide bonds. The van der Waals surface area contributed by atoms with E-state index in [1.165, 1.54) is 18.2 Å². The van der Waals surface area contributed by atoms with Crippen molar-refractivity contribution in [2.75, 3.05) is 14.2 Å². The number of ether oxygens (including phenoxy) is 2. The number of methoxy groups -OCH3 is 2. The highest BCUT2D eigenvalue weighted by molar-refractivity contribution is 7.90. The minimum atomic E-state index is -4.07. The van der Waals surface area contributed by atoms with E-state index < -0.39 is 10.0 Å². The number of para-hydroxylation sites is 1. The van der Waals surface area contributed by atoms with Crippen LogP contribution in [0.5, 0.6) is 17.2 Å². The molecule has 4 aromatic rings. The lowest BCUT2D eigenvalue weighted by Crippen LogP contribution is -2.16. The van der Waals surface area contributed by atoms with Crippen LogP contribution in [0.1, 0.15) is 17.0 Å². The van der Waals surface area contributed by atoms with Gasteiger partial charge in [-0.05, 0) is 55.0 Å². The minimum absolute atomic E-state index is 0.00522. The third-order valence-electron chi connectivity index (χ3n) is 5.12. The first-order valence-corrected chi connectivity index (χ1v) is 11.8. The largest absolute Gasteiger partial charge is 0.507 e. The predicted molar refractivity (Wildman–Crippen MR) is 129 cm³/mol. The van der Waals surface area contributed by atoms with Gasteiger partial charge in [-0.3, -0.25) is 0 Å². The zero-order valence-corrected chi connectivity index (χ0v) is 19.7. The molecule has 0 unspecified atom stereocenters. The number of phenols is 1. The number of rotatable bonds is 7. The molecule has 1 heterocycles. The molecular weight excluding hydrogens is 454 g/mol. The Morgan fingerprint density at radius 3 is 2.29 bits per heavy atom. The summed E-state index contributed by atoms with van der Waals surface area (Å²) < 4.78 is 38.3. The van der Waals surface area contributed by atoms with E-state index >= 15 is 0 Å². The summed E-state index contributed by atoms with van der Waals surface area (Å²) in [5.41, 5.74) is 1.95. The van der Waals surface area contributed by atoms with Gasteiger partial charge >= 0.3 is 0 Å². The monoisotopic (exact) mass is 477 g/mol. The van der Waals surface area contributed by atoms with Gasteiger partial charge in [-0.1, -0.05) is 42.0 Å². The van der Waals surface area contributed by atoms with E-state index in [1.54, 1.807) is 68.8 Å². The lowest BCUT2D eigenvalue weighted by atomic mass is 10.2. The maximum absolute atomic E-state index is 13.4. The summed E-state index contributed by atoms with van der Waals surface area (Å²) in [4.78, 5) is 4.48. The molecule has 1 aromatic heterocycles. The topological polar surface area (TPSA) is 104 Å². The molecule has 0 aliphatic heterocycles. The molecule has 0 atom stereocenters. The van der Waals surface area contributed by atoms with Crippen molar-refractivity contribution in [2.45, 2.75) is 11.8 Å². The van der Waals surface area contributed by atoms with Gasteiger partial charge in [-0.25, -0.2) is 4.98 Å². The van der Waals surface area contributed by atoms with Crippen LogP contribution in [0.2, 0.25) is 0 Å². The van der Waals surface area contributed by atoms with Gasteiger partial charge in [0.05, 0.1) is 24.7 Å². The molecule has 0 saturated heterocycles. The van der Waals surface area contributed by atoms with Crippen molar-refractivity contribution < 1.29 is 23.0 Å². The summed E-state index contributed by atoms with van der Waals surface area (Å²) in [6.45, 7) is 1.87. The molecule has 0 radical (unpaired) electrons. The van der Waals surface area contributed by atoms with Crippen molar-refractivity contribution in [3.05, 3.63) is 83.7 Å². The molecule has 0 aliphatic rings. The van der Waals surface area contributed by atoms with Gasteiger partial charge in [0.25, 0.3) is 10.0 Å². The van der Waals surface area contributed by atoms with Gasteiger partial charge in [0.1, 0.15) is 5.75 Å². The van der Waals surface area contributed by atoms with Crippen LogP contribution in [0.3, 0.4) is 0 Å². The van der Waals surface area contributed by atoms with Crippen LogP contribution in [0.25, 0.3) is 23.5 Å². The number of phenolic OH excluding ortho intramolecular Hbond substituents is 1. The van der Waals surface area contributed by atoms with Crippen LogP contribution >= 0.6 is 0 Å². The van der Waals surface area contributed by atoms with Crippen LogP contribution in [0.15, 0.2) is 71.6 Å². The van der Waals surface area contributed by atoms with E-state index in [4.69, 9.17) is 9.47 Å². The van der Waals surface area contributed by atoms with E-state index in [-0.39, 0.29) is 27.9 Å². The van der Waals surface area contributed by atoms with Gasteiger partial charge in [0.15, 0.2) is 23.1 Å². The Hall–Kier alpha value is -4.11. The molecule has 3 aromatic carbocycles. The fourth-order valence-corrected chi connectivity index (χ4v) is 4.55. The minimum Gasteiger partial charge on any atom is -0.507 e. The van der Waals surface area contributed by atoms with Crippen LogP contribution in [-0.2, 0) is 10.0 Å². The Morgan fingerprint density at radius 2 is 1.62 bits per heavy atom. The van der Waals surface area contributed by atoms with Crippen molar-refractivity contribution in [3.63, 3.8) is 0 Å². The summed E-state index contributed by atoms with van der Waals surface area (Å²) in [5.74, 6) is 1.20. The van der Waals surface area contributed by atoms with Crippen LogP contribution in [-0.4, -0.2) is 41.9 Å². The normalized spacial score (nSPS) is 11.6. The molecule has 174 valence electrons. The van der Waals surface area contributed by atoms with Crippen LogP contribution in [0, 0.1) is 6.92 Å². The number of aromatic hydroxyl groups is 1. The highest BCUT2D eigenvalue weighted by Gasteiger charge is 2.25. The number of aryl methyl sites for hydroxylation is 1. The number of aromatic nitrogens is 3. The molecule has 0 saturated carbocycles. The van der Waals surface area contributed by atoms with E-state index in [2.05, 4.69) is 10.1 Å². The number of nitrogens with zero attached hydrogens (tertiary/aromatic N) is 3. The van der Waals surface area contributed by atoms with Crippen molar-refractivity contribution in [1.82, 2.24) is 14.2 Å². The summed E-state index contributed by atoms with van der Waals surface area (Å²) in [6.07, 6.45) is 3.32. The Labute approximate surface area is 197 Å². The second kappa shape index (κ2) is 9.40. The van der Waals surface area contributed by atoms with Crippen LogP contribution in [0.4, 0.5) is 0 Å². The molecule has 9 heteroatoms. The standard InChI is InChI=1S/C25H23N3O5S/c1-17-8-12-19(13-9-17)34(30,31)28-25(20-6-4-5-7-21(20)29)26-24(27-28)15-11-18-10-14-22(32-2)23(16-18)33-3/h4-16,29H,1-3H3. The zero-order valence-electron chi connectivity index (χ0n) is 18.8. The first kappa shape index (κ1) is 23.1. The Balaban J connectivity index is 1.81. The SMILES string of the molecule is COc1ccc(C=Cc2nc(-c3ccccc3O)n(S(=O)(=O)c3ccc(C)cc3)n2)cc1OC. The summed E-state index contributed by atoms with van der Waals surface area (Å²) >= 11 is 0. The molecule has 0 aliphatic carbocycles. The molecule has 34 heavy (non-hydrogen) atoms. The Kier molecular flexibility index (Phi) is 6.38. The van der Waals surface area contributed by atoms with Crippen molar-refractivity contribution >= 4 is 22.2 Å². The fraction of sp³-hybridized carbons (Fsp3) is 0.120. The summed E-state index contributed by atoms with van der Waals surface area (Å²) in [5, 5.41) is 14.6. The van der Waals surface area contributed by atoms with Crippen molar-refractivity contribution in [2.24, 2.45) is 0 Å². The van der Waals surface area contributed by atoms with Gasteiger partial charge < -0.3 is 14.6 Å². The highest BCUT2D eigenvalue weighted by atomic mass is 32.2. The molecule has 0 bridgehead atoms. The Morgan fingerprint density at radius 1 is 0.912 bits per heavy atom. The second-order valence-corrected chi connectivity index (χ2v) is 9.19. The molecular formula is C25H23N3O5S. The molecule has 8 nitrogen and oxygen atoms in total. The maximum atomic E-state index is 13.4. The first-order valence-electron chi connectivity index (χ1n) is 10.3. The van der Waals surface area contributed by atoms with E-state index in [0.29, 0.717) is 11.5 Å². The maximum Gasteiger partial charge on any atom is 0.285 e. The average Bonchev–Trinajstić information content (AvgIpc) is 3.28. The summed E-state index contributed by atoms with van der Waals surface area (Å²) in [6, 6.07) is 18.2. The first-order chi connectivity index (χ1) is 16.3. The highest BCUT2D eigenvalue weighted by Crippen LogP contribution is 2.31. The second-order valence-electron chi connectivity index (χ2n) is 7.42. The zero-order chi connectivity index (χ0) is 24.3. The Bertz CT molecular complexity index is 1460. The van der Waals surface area contributed by atoms with Crippen molar-refractivity contribution in [1.29, 1.82) is 0 Å². The van der Waals surface area contributed by atoms with Crippen LogP contribution < -0.4 is 9.47 Å². The quantitative estimate of drug-likeness (QED) is 0.421. The van der Waals surface area contributed by atoms with Gasteiger partial charge in [-0.2, -0.15) is 8.42 Å². The third-order valence-corrected chi connectivity index (χ3v) is 6.70. The predicted octanol–water partition coefficient (Wildman–Crippen LogP) is 4.38. The fourth-order valence-electron chi connectivity index (χ4n) is 3.32. The van der Waals surface area contributed by atoms with Gasteiger partial charge in [0, 0.05) is 0 Å². The van der Waals surface area contributed by atoms with E-state index in [0.717, 1.165) is 15.2 Å².